The molecule has 0 rings (SSSR count). The average molecular weight is 217 g/mol. The number of nitrogens with zero attached hydrogens (tertiary/aromatic N) is 1. The summed E-state index contributed by atoms with van der Waals surface area (Å²) in [6.07, 6.45) is 1.29. The van der Waals surface area contributed by atoms with E-state index in [-0.39, 0.29) is 6.61 Å². The van der Waals surface area contributed by atoms with E-state index in [1.165, 1.54) is 7.11 Å². The van der Waals surface area contributed by atoms with Crippen LogP contribution in [-0.2, 0) is 4.74 Å². The maximum absolute atomic E-state index is 10.4. The molecule has 0 radical (unpaired) electrons. The van der Waals surface area contributed by atoms with Gasteiger partial charge in [0, 0.05) is 7.11 Å². The van der Waals surface area contributed by atoms with Gasteiger partial charge in [-0.1, -0.05) is 13.3 Å². The lowest BCUT2D eigenvalue weighted by atomic mass is 9.94. The normalized spacial score (nSPS) is 15.9. The number of carbonyl (C=O) groups is 1. The van der Waals surface area contributed by atoms with Crippen LogP contribution in [0.2, 0.25) is 0 Å². The summed E-state index contributed by atoms with van der Waals surface area (Å²) in [4.78, 5) is 10.4. The average Bonchev–Trinajstić information content (AvgIpc) is 2.14. The number of hydrazone groups is 1. The number of nitrogens with one attached hydrogen (secondary N) is 1. The van der Waals surface area contributed by atoms with Crippen molar-refractivity contribution in [2.24, 2.45) is 10.8 Å². The van der Waals surface area contributed by atoms with Gasteiger partial charge in [0.15, 0.2) is 0 Å². The first-order valence-electron chi connectivity index (χ1n) is 4.77. The number of hydrogen-bond donors (Lipinski definition) is 3. The van der Waals surface area contributed by atoms with Crippen molar-refractivity contribution in [1.29, 1.82) is 0 Å². The van der Waals surface area contributed by atoms with Crippen molar-refractivity contribution in [3.05, 3.63) is 0 Å². The van der Waals surface area contributed by atoms with Crippen molar-refractivity contribution >= 4 is 11.7 Å². The Kier molecular flexibility index (Phi) is 5.88. The first-order chi connectivity index (χ1) is 6.96. The number of primary amides is 1. The third-order valence-electron chi connectivity index (χ3n) is 2.05. The minimum Gasteiger partial charge on any atom is -0.381 e. The molecule has 0 aromatic rings. The van der Waals surface area contributed by atoms with E-state index in [1.807, 2.05) is 6.92 Å². The predicted octanol–water partition coefficient (Wildman–Crippen LogP) is 0.208. The second-order valence-corrected chi connectivity index (χ2v) is 3.39. The molecule has 88 valence electrons. The molecule has 0 spiro atoms. The van der Waals surface area contributed by atoms with E-state index in [0.717, 1.165) is 6.42 Å². The Morgan fingerprint density at radius 2 is 2.27 bits per heavy atom. The van der Waals surface area contributed by atoms with E-state index in [0.29, 0.717) is 12.1 Å². The molecule has 0 saturated carbocycles. The molecule has 0 heterocycles. The van der Waals surface area contributed by atoms with Crippen molar-refractivity contribution in [3.8, 4) is 0 Å². The zero-order valence-corrected chi connectivity index (χ0v) is 9.41. The number of carbonyl (C=O) groups excluding carboxylic acids is 1. The fourth-order valence-corrected chi connectivity index (χ4v) is 1.25. The molecule has 6 heteroatoms. The van der Waals surface area contributed by atoms with Gasteiger partial charge in [-0.15, -0.1) is 0 Å². The topological polar surface area (TPSA) is 96.9 Å². The van der Waals surface area contributed by atoms with Crippen LogP contribution < -0.4 is 11.2 Å². The third-order valence-corrected chi connectivity index (χ3v) is 2.05. The number of aliphatic hydroxyl groups is 1. The zero-order valence-electron chi connectivity index (χ0n) is 9.41. The molecule has 0 aliphatic heterocycles. The van der Waals surface area contributed by atoms with E-state index in [9.17, 15) is 9.90 Å². The van der Waals surface area contributed by atoms with Crippen LogP contribution in [0.4, 0.5) is 4.79 Å². The number of nitrogens with two attached hydrogens (primary N) is 1. The summed E-state index contributed by atoms with van der Waals surface area (Å²) in [5, 5.41) is 13.8. The van der Waals surface area contributed by atoms with Crippen LogP contribution in [0.1, 0.15) is 26.7 Å². The molecular weight excluding hydrogens is 198 g/mol. The Balaban J connectivity index is 4.59. The summed E-state index contributed by atoms with van der Waals surface area (Å²) in [7, 11) is 1.50. The van der Waals surface area contributed by atoms with Crippen molar-refractivity contribution < 1.29 is 14.6 Å². The van der Waals surface area contributed by atoms with Crippen LogP contribution in [0.25, 0.3) is 0 Å². The van der Waals surface area contributed by atoms with E-state index < -0.39 is 11.6 Å². The van der Waals surface area contributed by atoms with Gasteiger partial charge in [0.2, 0.25) is 0 Å². The summed E-state index contributed by atoms with van der Waals surface area (Å²) in [5.41, 5.74) is 6.17. The third kappa shape index (κ3) is 4.75. The highest BCUT2D eigenvalue weighted by Gasteiger charge is 2.29. The molecule has 0 aromatic carbocycles. The molecule has 4 N–H and O–H groups in total. The number of ether oxygens (including phenoxy) is 1. The highest BCUT2D eigenvalue weighted by atomic mass is 16.5. The summed E-state index contributed by atoms with van der Waals surface area (Å²) in [5.74, 6) is 0. The summed E-state index contributed by atoms with van der Waals surface area (Å²) in [6, 6.07) is -0.759. The zero-order chi connectivity index (χ0) is 11.9. The quantitative estimate of drug-likeness (QED) is 0.438. The standard InChI is InChI=1S/C9H19N3O3/c1-4-5-9(14,6-15-3)7(2)11-12-8(10)13/h14H,4-6H2,1-3H3,(H3,10,12,13). The van der Waals surface area contributed by atoms with Gasteiger partial charge in [0.05, 0.1) is 12.3 Å². The van der Waals surface area contributed by atoms with Crippen molar-refractivity contribution in [2.75, 3.05) is 13.7 Å². The van der Waals surface area contributed by atoms with Crippen molar-refractivity contribution in [1.82, 2.24) is 5.43 Å². The highest BCUT2D eigenvalue weighted by Crippen LogP contribution is 2.15. The van der Waals surface area contributed by atoms with E-state index in [2.05, 4.69) is 10.5 Å². The van der Waals surface area contributed by atoms with Gasteiger partial charge in [0.1, 0.15) is 5.60 Å². The fourth-order valence-electron chi connectivity index (χ4n) is 1.25. The van der Waals surface area contributed by atoms with Gasteiger partial charge in [-0.05, 0) is 13.3 Å². The first-order valence-corrected chi connectivity index (χ1v) is 4.77. The fraction of sp³-hybridized carbons (Fsp3) is 0.778. The summed E-state index contributed by atoms with van der Waals surface area (Å²) >= 11 is 0. The van der Waals surface area contributed by atoms with E-state index in [4.69, 9.17) is 10.5 Å². The Bertz CT molecular complexity index is 235. The lowest BCUT2D eigenvalue weighted by Gasteiger charge is -2.26. The molecule has 0 aliphatic carbocycles. The first kappa shape index (κ1) is 13.9. The van der Waals surface area contributed by atoms with Crippen LogP contribution >= 0.6 is 0 Å². The number of hydrogen-bond acceptors (Lipinski definition) is 4. The molecule has 0 aromatic heterocycles. The van der Waals surface area contributed by atoms with Crippen molar-refractivity contribution in [3.63, 3.8) is 0 Å². The molecule has 0 fully saturated rings. The maximum atomic E-state index is 10.4. The number of rotatable bonds is 6. The molecule has 15 heavy (non-hydrogen) atoms. The Morgan fingerprint density at radius 3 is 2.67 bits per heavy atom. The van der Waals surface area contributed by atoms with Crippen LogP contribution in [0.5, 0.6) is 0 Å². The largest absolute Gasteiger partial charge is 0.381 e. The van der Waals surface area contributed by atoms with Gasteiger partial charge < -0.3 is 15.6 Å². The van der Waals surface area contributed by atoms with Gasteiger partial charge in [0.25, 0.3) is 0 Å². The predicted molar refractivity (Wildman–Crippen MR) is 57.6 cm³/mol. The molecule has 0 bridgehead atoms. The lowest BCUT2D eigenvalue weighted by molar-refractivity contribution is 0.0143. The molecule has 1 atom stereocenters. The van der Waals surface area contributed by atoms with Crippen LogP contribution in [-0.4, -0.2) is 36.2 Å². The lowest BCUT2D eigenvalue weighted by Crippen LogP contribution is -2.43. The molecule has 6 nitrogen and oxygen atoms in total. The smallest absolute Gasteiger partial charge is 0.332 e. The monoisotopic (exact) mass is 217 g/mol. The van der Waals surface area contributed by atoms with Crippen LogP contribution in [0, 0.1) is 0 Å². The Labute approximate surface area is 89.5 Å². The van der Waals surface area contributed by atoms with Crippen LogP contribution in [0.3, 0.4) is 0 Å². The van der Waals surface area contributed by atoms with E-state index >= 15 is 0 Å². The molecule has 0 saturated heterocycles. The molecule has 0 aliphatic rings. The Morgan fingerprint density at radius 1 is 1.67 bits per heavy atom. The highest BCUT2D eigenvalue weighted by molar-refractivity contribution is 5.91. The van der Waals surface area contributed by atoms with Crippen molar-refractivity contribution in [2.45, 2.75) is 32.3 Å². The minimum atomic E-state index is -1.15. The molecular formula is C9H19N3O3. The summed E-state index contributed by atoms with van der Waals surface area (Å²) < 4.78 is 4.91. The van der Waals surface area contributed by atoms with Crippen LogP contribution in [0.15, 0.2) is 5.10 Å². The van der Waals surface area contributed by atoms with Gasteiger partial charge in [-0.2, -0.15) is 5.10 Å². The molecule has 1 unspecified atom stereocenters. The SMILES string of the molecule is CCCC(O)(COC)C(C)=NNC(N)=O. The van der Waals surface area contributed by atoms with Gasteiger partial charge in [-0.3, -0.25) is 0 Å². The minimum absolute atomic E-state index is 0.136. The number of methoxy groups -OCH3 is 1. The van der Waals surface area contributed by atoms with Gasteiger partial charge >= 0.3 is 6.03 Å². The second kappa shape index (κ2) is 6.36. The van der Waals surface area contributed by atoms with E-state index in [1.54, 1.807) is 6.92 Å². The number of amides is 2. The summed E-state index contributed by atoms with van der Waals surface area (Å²) in [6.45, 7) is 3.69. The Hall–Kier alpha value is -1.14. The second-order valence-electron chi connectivity index (χ2n) is 3.39. The number of urea groups is 1. The maximum Gasteiger partial charge on any atom is 0.332 e. The van der Waals surface area contributed by atoms with Gasteiger partial charge in [-0.25, -0.2) is 10.2 Å². The molecule has 2 amide bonds.